The summed E-state index contributed by atoms with van der Waals surface area (Å²) in [4.78, 5) is 4.65. The number of fused-ring (bicyclic) bond motifs is 1. The van der Waals surface area contributed by atoms with Crippen LogP contribution in [-0.2, 0) is 10.0 Å². The molecule has 1 aliphatic heterocycles. The van der Waals surface area contributed by atoms with Gasteiger partial charge in [0.1, 0.15) is 11.3 Å². The fraction of sp³-hybridized carbons (Fsp3) is 0.471. The van der Waals surface area contributed by atoms with Gasteiger partial charge in [-0.15, -0.1) is 0 Å². The van der Waals surface area contributed by atoms with Crippen molar-refractivity contribution in [2.45, 2.75) is 44.0 Å². The molecule has 0 bridgehead atoms. The van der Waals surface area contributed by atoms with Crippen LogP contribution in [0.2, 0.25) is 0 Å². The first-order chi connectivity index (χ1) is 11.1. The zero-order valence-electron chi connectivity index (χ0n) is 13.5. The molecule has 3 rings (SSSR count). The minimum atomic E-state index is -3.53. The maximum Gasteiger partial charge on any atom is 0.243 e. The lowest BCUT2D eigenvalue weighted by Gasteiger charge is -2.32. The molecular formula is C17H22N2O3S. The Bertz CT molecular complexity index is 805. The second-order valence-electron chi connectivity index (χ2n) is 5.85. The van der Waals surface area contributed by atoms with Crippen LogP contribution in [-0.4, -0.2) is 36.9 Å². The van der Waals surface area contributed by atoms with Gasteiger partial charge in [-0.05, 0) is 51.0 Å². The molecular weight excluding hydrogens is 312 g/mol. The van der Waals surface area contributed by atoms with Crippen LogP contribution in [0.5, 0.6) is 5.75 Å². The summed E-state index contributed by atoms with van der Waals surface area (Å²) in [5.74, 6) is 0.619. The Balaban J connectivity index is 2.14. The highest BCUT2D eigenvalue weighted by molar-refractivity contribution is 7.89. The first-order valence-electron chi connectivity index (χ1n) is 8.08. The Labute approximate surface area is 137 Å². The largest absolute Gasteiger partial charge is 0.492 e. The second kappa shape index (κ2) is 6.45. The Hall–Kier alpha value is -1.66. The summed E-state index contributed by atoms with van der Waals surface area (Å²) in [6, 6.07) is 6.95. The molecule has 1 atom stereocenters. The van der Waals surface area contributed by atoms with Crippen molar-refractivity contribution in [1.82, 2.24) is 9.29 Å². The molecule has 0 N–H and O–H groups in total. The Kier molecular flexibility index (Phi) is 4.55. The summed E-state index contributed by atoms with van der Waals surface area (Å²) >= 11 is 0. The molecule has 124 valence electrons. The average molecular weight is 334 g/mol. The number of nitrogens with zero attached hydrogens (tertiary/aromatic N) is 2. The minimum absolute atomic E-state index is 0.0343. The van der Waals surface area contributed by atoms with Crippen molar-refractivity contribution in [3.8, 4) is 5.75 Å². The van der Waals surface area contributed by atoms with E-state index in [0.29, 0.717) is 34.7 Å². The molecule has 0 radical (unpaired) electrons. The van der Waals surface area contributed by atoms with Gasteiger partial charge in [-0.25, -0.2) is 8.42 Å². The summed E-state index contributed by atoms with van der Waals surface area (Å²) in [7, 11) is -3.53. The summed E-state index contributed by atoms with van der Waals surface area (Å²) in [6.45, 7) is 4.97. The summed E-state index contributed by atoms with van der Waals surface area (Å²) in [6.07, 6.45) is 4.56. The molecule has 1 saturated heterocycles. The number of hydrogen-bond acceptors (Lipinski definition) is 4. The van der Waals surface area contributed by atoms with Gasteiger partial charge >= 0.3 is 0 Å². The van der Waals surface area contributed by atoms with Gasteiger partial charge < -0.3 is 4.74 Å². The van der Waals surface area contributed by atoms with Crippen molar-refractivity contribution in [2.24, 2.45) is 0 Å². The third kappa shape index (κ3) is 2.93. The van der Waals surface area contributed by atoms with Gasteiger partial charge in [-0.1, -0.05) is 6.42 Å². The minimum Gasteiger partial charge on any atom is -0.492 e. The van der Waals surface area contributed by atoms with Gasteiger partial charge in [-0.3, -0.25) is 4.98 Å². The van der Waals surface area contributed by atoms with E-state index in [1.807, 2.05) is 13.8 Å². The molecule has 1 unspecified atom stereocenters. The third-order valence-corrected chi connectivity index (χ3v) is 6.39. The van der Waals surface area contributed by atoms with Gasteiger partial charge in [0.05, 0.1) is 11.5 Å². The quantitative estimate of drug-likeness (QED) is 0.861. The van der Waals surface area contributed by atoms with Crippen molar-refractivity contribution >= 4 is 20.9 Å². The molecule has 0 aliphatic carbocycles. The first-order valence-corrected chi connectivity index (χ1v) is 9.52. The molecule has 2 heterocycles. The van der Waals surface area contributed by atoms with Crippen LogP contribution in [0.15, 0.2) is 35.4 Å². The van der Waals surface area contributed by atoms with E-state index in [4.69, 9.17) is 4.74 Å². The van der Waals surface area contributed by atoms with Gasteiger partial charge in [0, 0.05) is 24.2 Å². The first kappa shape index (κ1) is 16.2. The van der Waals surface area contributed by atoms with Crippen molar-refractivity contribution in [1.29, 1.82) is 0 Å². The van der Waals surface area contributed by atoms with E-state index in [0.717, 1.165) is 19.3 Å². The van der Waals surface area contributed by atoms with E-state index in [2.05, 4.69) is 4.98 Å². The lowest BCUT2D eigenvalue weighted by atomic mass is 10.1. The SMILES string of the molecule is CCOc1ccc(S(=O)(=O)N2CCCCC2C)c2cccnc12. The molecule has 5 nitrogen and oxygen atoms in total. The Morgan fingerprint density at radius 2 is 2.13 bits per heavy atom. The monoisotopic (exact) mass is 334 g/mol. The predicted octanol–water partition coefficient (Wildman–Crippen LogP) is 3.20. The maximum atomic E-state index is 13.1. The van der Waals surface area contributed by atoms with Crippen molar-refractivity contribution in [2.75, 3.05) is 13.2 Å². The normalized spacial score (nSPS) is 19.8. The van der Waals surface area contributed by atoms with E-state index >= 15 is 0 Å². The molecule has 6 heteroatoms. The van der Waals surface area contributed by atoms with Gasteiger partial charge in [0.2, 0.25) is 10.0 Å². The van der Waals surface area contributed by atoms with E-state index < -0.39 is 10.0 Å². The number of ether oxygens (including phenoxy) is 1. The maximum absolute atomic E-state index is 13.1. The van der Waals surface area contributed by atoms with Crippen LogP contribution in [0.4, 0.5) is 0 Å². The molecule has 0 spiro atoms. The molecule has 1 aliphatic rings. The molecule has 1 fully saturated rings. The summed E-state index contributed by atoms with van der Waals surface area (Å²) in [5.41, 5.74) is 0.597. The van der Waals surface area contributed by atoms with Crippen LogP contribution in [0, 0.1) is 0 Å². The van der Waals surface area contributed by atoms with Crippen molar-refractivity contribution in [3.05, 3.63) is 30.5 Å². The van der Waals surface area contributed by atoms with Gasteiger partial charge in [0.25, 0.3) is 0 Å². The smallest absolute Gasteiger partial charge is 0.243 e. The molecule has 2 aromatic rings. The van der Waals surface area contributed by atoms with Crippen LogP contribution >= 0.6 is 0 Å². The van der Waals surface area contributed by atoms with Crippen molar-refractivity contribution < 1.29 is 13.2 Å². The van der Waals surface area contributed by atoms with Crippen LogP contribution in [0.3, 0.4) is 0 Å². The van der Waals surface area contributed by atoms with E-state index in [1.165, 1.54) is 0 Å². The fourth-order valence-electron chi connectivity index (χ4n) is 3.17. The third-order valence-electron chi connectivity index (χ3n) is 4.32. The molecule has 1 aromatic carbocycles. The number of hydrogen-bond donors (Lipinski definition) is 0. The number of sulfonamides is 1. The zero-order valence-corrected chi connectivity index (χ0v) is 14.3. The number of pyridine rings is 1. The number of rotatable bonds is 4. The standard InChI is InChI=1S/C17H22N2O3S/c1-3-22-15-9-10-16(14-8-6-11-18-17(14)15)23(20,21)19-12-5-4-7-13(19)2/h6,8-11,13H,3-5,7,12H2,1-2H3. The highest BCUT2D eigenvalue weighted by Gasteiger charge is 2.32. The van der Waals surface area contributed by atoms with E-state index in [-0.39, 0.29) is 6.04 Å². The van der Waals surface area contributed by atoms with Crippen LogP contribution in [0.1, 0.15) is 33.1 Å². The van der Waals surface area contributed by atoms with Crippen LogP contribution in [0.25, 0.3) is 10.9 Å². The van der Waals surface area contributed by atoms with Gasteiger partial charge in [-0.2, -0.15) is 4.31 Å². The highest BCUT2D eigenvalue weighted by Crippen LogP contribution is 2.33. The highest BCUT2D eigenvalue weighted by atomic mass is 32.2. The number of aromatic nitrogens is 1. The molecule has 23 heavy (non-hydrogen) atoms. The number of benzene rings is 1. The Morgan fingerprint density at radius 1 is 1.30 bits per heavy atom. The summed E-state index contributed by atoms with van der Waals surface area (Å²) in [5, 5.41) is 0.622. The lowest BCUT2D eigenvalue weighted by molar-refractivity contribution is 0.269. The Morgan fingerprint density at radius 3 is 2.87 bits per heavy atom. The van der Waals surface area contributed by atoms with Crippen molar-refractivity contribution in [3.63, 3.8) is 0 Å². The van der Waals surface area contributed by atoms with Gasteiger partial charge in [0.15, 0.2) is 0 Å². The molecule has 0 amide bonds. The summed E-state index contributed by atoms with van der Waals surface area (Å²) < 4.78 is 33.5. The molecule has 1 aromatic heterocycles. The predicted molar refractivity (Wildman–Crippen MR) is 90.1 cm³/mol. The topological polar surface area (TPSA) is 59.5 Å². The fourth-order valence-corrected chi connectivity index (χ4v) is 5.06. The van der Waals surface area contributed by atoms with E-state index in [9.17, 15) is 8.42 Å². The van der Waals surface area contributed by atoms with E-state index in [1.54, 1.807) is 34.8 Å². The van der Waals surface area contributed by atoms with Crippen LogP contribution < -0.4 is 4.74 Å². The lowest BCUT2D eigenvalue weighted by Crippen LogP contribution is -2.41. The molecule has 0 saturated carbocycles. The zero-order chi connectivity index (χ0) is 16.4. The second-order valence-corrected chi connectivity index (χ2v) is 7.71. The average Bonchev–Trinajstić information content (AvgIpc) is 2.55. The number of piperidine rings is 1.